The highest BCUT2D eigenvalue weighted by molar-refractivity contribution is 5.92. The van der Waals surface area contributed by atoms with Crippen molar-refractivity contribution in [2.24, 2.45) is 0 Å². The van der Waals surface area contributed by atoms with E-state index in [1.807, 2.05) is 42.3 Å². The molecule has 0 aromatic heterocycles. The van der Waals surface area contributed by atoms with Crippen LogP contribution in [-0.4, -0.2) is 62.3 Å². The van der Waals surface area contributed by atoms with E-state index in [4.69, 9.17) is 9.47 Å². The zero-order valence-electron chi connectivity index (χ0n) is 20.2. The van der Waals surface area contributed by atoms with Crippen LogP contribution in [0, 0.1) is 0 Å². The van der Waals surface area contributed by atoms with Gasteiger partial charge in [-0.3, -0.25) is 14.6 Å². The van der Waals surface area contributed by atoms with Gasteiger partial charge in [-0.25, -0.2) is 0 Å². The third kappa shape index (κ3) is 6.12. The number of rotatable bonds is 8. The average Bonchev–Trinajstić information content (AvgIpc) is 3.33. The molecule has 3 aromatic rings. The van der Waals surface area contributed by atoms with Gasteiger partial charge in [0.2, 0.25) is 12.7 Å². The number of carbonyl (C=O) groups excluding carboxylic acids is 1. The molecule has 7 heteroatoms. The highest BCUT2D eigenvalue weighted by Gasteiger charge is 2.18. The molecule has 1 saturated heterocycles. The lowest BCUT2D eigenvalue weighted by Gasteiger charge is -2.36. The standard InChI is InChI=1S/C28H32N4O3/c1-30(18-23-7-12-26-27(17-23)35-21-34-26)20-28(33)29-24-8-10-25(11-9-24)32-15-13-31(14-16-32)19-22-5-3-2-4-6-22/h2-12,17H,13-16,18-21H2,1H3,(H,29,33). The van der Waals surface area contributed by atoms with E-state index in [-0.39, 0.29) is 12.7 Å². The largest absolute Gasteiger partial charge is 0.454 e. The van der Waals surface area contributed by atoms with Crippen LogP contribution in [0.3, 0.4) is 0 Å². The van der Waals surface area contributed by atoms with Crippen molar-refractivity contribution in [2.75, 3.05) is 56.8 Å². The molecule has 0 atom stereocenters. The van der Waals surface area contributed by atoms with Crippen molar-refractivity contribution in [1.82, 2.24) is 9.80 Å². The van der Waals surface area contributed by atoms with E-state index in [1.54, 1.807) is 0 Å². The van der Waals surface area contributed by atoms with Crippen LogP contribution in [0.4, 0.5) is 11.4 Å². The third-order valence-electron chi connectivity index (χ3n) is 6.44. The number of benzene rings is 3. The summed E-state index contributed by atoms with van der Waals surface area (Å²) in [6, 6.07) is 24.7. The van der Waals surface area contributed by atoms with Gasteiger partial charge in [0.1, 0.15) is 0 Å². The Morgan fingerprint density at radius 1 is 0.886 bits per heavy atom. The highest BCUT2D eigenvalue weighted by Crippen LogP contribution is 2.32. The van der Waals surface area contributed by atoms with Crippen molar-refractivity contribution in [2.45, 2.75) is 13.1 Å². The summed E-state index contributed by atoms with van der Waals surface area (Å²) in [5.41, 5.74) is 4.46. The minimum absolute atomic E-state index is 0.0319. The first-order valence-electron chi connectivity index (χ1n) is 12.1. The van der Waals surface area contributed by atoms with Crippen LogP contribution in [0.25, 0.3) is 0 Å². The minimum atomic E-state index is -0.0319. The van der Waals surface area contributed by atoms with Crippen molar-refractivity contribution in [3.8, 4) is 11.5 Å². The molecular weight excluding hydrogens is 440 g/mol. The summed E-state index contributed by atoms with van der Waals surface area (Å²) in [5, 5.41) is 3.01. The number of nitrogens with zero attached hydrogens (tertiary/aromatic N) is 3. The molecule has 2 aliphatic heterocycles. The molecule has 35 heavy (non-hydrogen) atoms. The zero-order chi connectivity index (χ0) is 24.0. The fourth-order valence-electron chi connectivity index (χ4n) is 4.61. The van der Waals surface area contributed by atoms with Gasteiger partial charge in [0.25, 0.3) is 0 Å². The Labute approximate surface area is 206 Å². The number of fused-ring (bicyclic) bond motifs is 1. The Bertz CT molecular complexity index is 1130. The van der Waals surface area contributed by atoms with Crippen molar-refractivity contribution >= 4 is 17.3 Å². The molecule has 0 spiro atoms. The molecule has 0 aliphatic carbocycles. The van der Waals surface area contributed by atoms with Gasteiger partial charge in [0, 0.05) is 50.6 Å². The van der Waals surface area contributed by atoms with Crippen LogP contribution in [0.5, 0.6) is 11.5 Å². The Balaban J connectivity index is 1.07. The molecule has 182 valence electrons. The molecule has 2 heterocycles. The monoisotopic (exact) mass is 472 g/mol. The predicted molar refractivity (Wildman–Crippen MR) is 138 cm³/mol. The fraction of sp³-hybridized carbons (Fsp3) is 0.321. The van der Waals surface area contributed by atoms with E-state index in [9.17, 15) is 4.79 Å². The quantitative estimate of drug-likeness (QED) is 0.538. The number of carbonyl (C=O) groups is 1. The van der Waals surface area contributed by atoms with Gasteiger partial charge in [0.05, 0.1) is 6.54 Å². The van der Waals surface area contributed by atoms with Gasteiger partial charge < -0.3 is 19.7 Å². The van der Waals surface area contributed by atoms with Crippen molar-refractivity contribution in [3.05, 3.63) is 83.9 Å². The minimum Gasteiger partial charge on any atom is -0.454 e. The molecule has 7 nitrogen and oxygen atoms in total. The highest BCUT2D eigenvalue weighted by atomic mass is 16.7. The topological polar surface area (TPSA) is 57.3 Å². The van der Waals surface area contributed by atoms with E-state index in [0.717, 1.165) is 55.5 Å². The lowest BCUT2D eigenvalue weighted by atomic mass is 10.2. The first-order chi connectivity index (χ1) is 17.1. The van der Waals surface area contributed by atoms with Crippen LogP contribution in [0.2, 0.25) is 0 Å². The second-order valence-corrected chi connectivity index (χ2v) is 9.20. The van der Waals surface area contributed by atoms with Crippen LogP contribution in [-0.2, 0) is 17.9 Å². The number of nitrogens with one attached hydrogen (secondary N) is 1. The smallest absolute Gasteiger partial charge is 0.238 e. The molecule has 5 rings (SSSR count). The van der Waals surface area contributed by atoms with Crippen LogP contribution in [0.15, 0.2) is 72.8 Å². The molecule has 0 radical (unpaired) electrons. The number of ether oxygens (including phenoxy) is 2. The van der Waals surface area contributed by atoms with E-state index in [1.165, 1.54) is 11.3 Å². The number of piperazine rings is 1. The van der Waals surface area contributed by atoms with Crippen molar-refractivity contribution in [1.29, 1.82) is 0 Å². The summed E-state index contributed by atoms with van der Waals surface area (Å²) in [4.78, 5) is 19.5. The normalized spacial score (nSPS) is 15.4. The fourth-order valence-corrected chi connectivity index (χ4v) is 4.61. The molecule has 1 amide bonds. The van der Waals surface area contributed by atoms with Gasteiger partial charge in [0.15, 0.2) is 11.5 Å². The van der Waals surface area contributed by atoms with E-state index in [2.05, 4.69) is 57.6 Å². The number of anilines is 2. The van der Waals surface area contributed by atoms with E-state index in [0.29, 0.717) is 13.1 Å². The summed E-state index contributed by atoms with van der Waals surface area (Å²) in [6.07, 6.45) is 0. The third-order valence-corrected chi connectivity index (χ3v) is 6.44. The summed E-state index contributed by atoms with van der Waals surface area (Å²) in [7, 11) is 1.94. The van der Waals surface area contributed by atoms with Gasteiger partial charge in [-0.15, -0.1) is 0 Å². The van der Waals surface area contributed by atoms with Crippen LogP contribution in [0.1, 0.15) is 11.1 Å². The molecule has 0 saturated carbocycles. The Hall–Kier alpha value is -3.55. The Morgan fingerprint density at radius 3 is 2.40 bits per heavy atom. The van der Waals surface area contributed by atoms with Gasteiger partial charge in [-0.2, -0.15) is 0 Å². The molecule has 0 unspecified atom stereocenters. The summed E-state index contributed by atoms with van der Waals surface area (Å²) in [5.74, 6) is 1.50. The first-order valence-corrected chi connectivity index (χ1v) is 12.1. The Morgan fingerprint density at radius 2 is 1.63 bits per heavy atom. The number of amides is 1. The predicted octanol–water partition coefficient (Wildman–Crippen LogP) is 3.81. The maximum Gasteiger partial charge on any atom is 0.238 e. The summed E-state index contributed by atoms with van der Waals surface area (Å²) >= 11 is 0. The van der Waals surface area contributed by atoms with Crippen LogP contribution < -0.4 is 19.7 Å². The first kappa shape index (κ1) is 23.2. The second kappa shape index (κ2) is 10.8. The van der Waals surface area contributed by atoms with Gasteiger partial charge >= 0.3 is 0 Å². The molecular formula is C28H32N4O3. The zero-order valence-corrected chi connectivity index (χ0v) is 20.2. The molecule has 0 bridgehead atoms. The number of hydrogen-bond donors (Lipinski definition) is 1. The van der Waals surface area contributed by atoms with Gasteiger partial charge in [-0.05, 0) is 54.6 Å². The average molecular weight is 473 g/mol. The lowest BCUT2D eigenvalue weighted by molar-refractivity contribution is -0.117. The Kier molecular flexibility index (Phi) is 7.16. The second-order valence-electron chi connectivity index (χ2n) is 9.20. The lowest BCUT2D eigenvalue weighted by Crippen LogP contribution is -2.45. The molecule has 1 N–H and O–H groups in total. The summed E-state index contributed by atoms with van der Waals surface area (Å²) < 4.78 is 10.8. The molecule has 1 fully saturated rings. The maximum absolute atomic E-state index is 12.6. The number of likely N-dealkylation sites (N-methyl/N-ethyl adjacent to an activating group) is 1. The SMILES string of the molecule is CN(CC(=O)Nc1ccc(N2CCN(Cc3ccccc3)CC2)cc1)Cc1ccc2c(c1)OCO2. The van der Waals surface area contributed by atoms with Crippen molar-refractivity contribution in [3.63, 3.8) is 0 Å². The molecule has 2 aliphatic rings. The number of hydrogen-bond acceptors (Lipinski definition) is 6. The summed E-state index contributed by atoms with van der Waals surface area (Å²) in [6.45, 7) is 6.32. The van der Waals surface area contributed by atoms with Crippen molar-refractivity contribution < 1.29 is 14.3 Å². The maximum atomic E-state index is 12.6. The van der Waals surface area contributed by atoms with Crippen LogP contribution >= 0.6 is 0 Å². The van der Waals surface area contributed by atoms with E-state index < -0.39 is 0 Å². The molecule has 3 aromatic carbocycles. The van der Waals surface area contributed by atoms with E-state index >= 15 is 0 Å². The van der Waals surface area contributed by atoms with Gasteiger partial charge in [-0.1, -0.05) is 36.4 Å².